The number of nitrogen functional groups attached to an aromatic ring is 1. The summed E-state index contributed by atoms with van der Waals surface area (Å²) in [5.41, 5.74) is 7.73. The highest BCUT2D eigenvalue weighted by Crippen LogP contribution is 2.33. The maximum atomic E-state index is 10.2. The first-order valence-electron chi connectivity index (χ1n) is 6.36. The van der Waals surface area contributed by atoms with Gasteiger partial charge in [-0.2, -0.15) is 0 Å². The zero-order valence-corrected chi connectivity index (χ0v) is 12.4. The number of rotatable bonds is 1. The van der Waals surface area contributed by atoms with Crippen molar-refractivity contribution in [1.82, 2.24) is 9.55 Å². The number of aliphatic hydroxyl groups is 1. The minimum atomic E-state index is -1.08. The van der Waals surface area contributed by atoms with Gasteiger partial charge in [-0.05, 0) is 32.0 Å². The summed E-state index contributed by atoms with van der Waals surface area (Å²) < 4.78 is 1.96. The summed E-state index contributed by atoms with van der Waals surface area (Å²) in [6.07, 6.45) is 0. The Morgan fingerprint density at radius 3 is 2.60 bits per heavy atom. The summed E-state index contributed by atoms with van der Waals surface area (Å²) in [5, 5.41) is 12.9. The predicted octanol–water partition coefficient (Wildman–Crippen LogP) is 3.19. The molecule has 3 aromatic rings. The van der Waals surface area contributed by atoms with Crippen molar-refractivity contribution in [2.24, 2.45) is 7.05 Å². The van der Waals surface area contributed by atoms with Crippen LogP contribution in [0.4, 0.5) is 5.69 Å². The first-order chi connectivity index (χ1) is 9.29. The number of aryl methyl sites for hydroxylation is 1. The monoisotopic (exact) mass is 289 g/mol. The Morgan fingerprint density at radius 1 is 1.25 bits per heavy atom. The lowest BCUT2D eigenvalue weighted by Gasteiger charge is -2.18. The molecule has 1 aromatic carbocycles. The molecule has 2 aromatic heterocycles. The molecule has 2 heterocycles. The number of nitrogens with zero attached hydrogens (tertiary/aromatic N) is 2. The molecule has 0 atom stereocenters. The highest BCUT2D eigenvalue weighted by atomic mass is 35.5. The molecule has 3 rings (SSSR count). The van der Waals surface area contributed by atoms with Gasteiger partial charge in [0.1, 0.15) is 11.2 Å². The number of pyridine rings is 1. The molecular weight excluding hydrogens is 274 g/mol. The summed E-state index contributed by atoms with van der Waals surface area (Å²) in [4.78, 5) is 4.56. The second kappa shape index (κ2) is 4.11. The van der Waals surface area contributed by atoms with E-state index in [9.17, 15) is 5.11 Å². The summed E-state index contributed by atoms with van der Waals surface area (Å²) in [6, 6.07) is 7.58. The predicted molar refractivity (Wildman–Crippen MR) is 82.9 cm³/mol. The van der Waals surface area contributed by atoms with Crippen LogP contribution in [0.2, 0.25) is 5.02 Å². The van der Waals surface area contributed by atoms with Crippen LogP contribution in [0, 0.1) is 0 Å². The first-order valence-corrected chi connectivity index (χ1v) is 6.74. The second-order valence-corrected chi connectivity index (χ2v) is 6.01. The Bertz CT molecular complexity index is 831. The van der Waals surface area contributed by atoms with E-state index in [1.54, 1.807) is 13.8 Å². The standard InChI is InChI=1S/C15H16ClN3O/c1-15(2,20)13-11(17)7-10-9-5-4-8(16)6-12(9)19(3)14(10)18-13/h4-7,20H,17H2,1-3H3. The van der Waals surface area contributed by atoms with Crippen molar-refractivity contribution < 1.29 is 5.11 Å². The first kappa shape index (κ1) is 13.2. The average molecular weight is 290 g/mol. The third-order valence-electron chi connectivity index (χ3n) is 3.54. The van der Waals surface area contributed by atoms with Gasteiger partial charge in [0.2, 0.25) is 0 Å². The van der Waals surface area contributed by atoms with Gasteiger partial charge in [-0.1, -0.05) is 17.7 Å². The molecule has 3 N–H and O–H groups in total. The summed E-state index contributed by atoms with van der Waals surface area (Å²) in [6.45, 7) is 3.36. The van der Waals surface area contributed by atoms with Gasteiger partial charge >= 0.3 is 0 Å². The molecule has 0 saturated carbocycles. The van der Waals surface area contributed by atoms with Gasteiger partial charge in [0.05, 0.1) is 16.9 Å². The van der Waals surface area contributed by atoms with E-state index in [4.69, 9.17) is 17.3 Å². The van der Waals surface area contributed by atoms with Crippen LogP contribution in [0.1, 0.15) is 19.5 Å². The fraction of sp³-hybridized carbons (Fsp3) is 0.267. The molecule has 0 saturated heterocycles. The van der Waals surface area contributed by atoms with Crippen LogP contribution in [0.15, 0.2) is 24.3 Å². The third kappa shape index (κ3) is 1.84. The van der Waals surface area contributed by atoms with Crippen molar-refractivity contribution >= 4 is 39.2 Å². The molecule has 20 heavy (non-hydrogen) atoms. The van der Waals surface area contributed by atoms with Crippen LogP contribution in [-0.4, -0.2) is 14.7 Å². The number of benzene rings is 1. The number of hydrogen-bond acceptors (Lipinski definition) is 3. The normalized spacial score (nSPS) is 12.4. The summed E-state index contributed by atoms with van der Waals surface area (Å²) in [7, 11) is 1.93. The minimum Gasteiger partial charge on any atom is -0.397 e. The van der Waals surface area contributed by atoms with Gasteiger partial charge in [-0.15, -0.1) is 0 Å². The highest BCUT2D eigenvalue weighted by Gasteiger charge is 2.23. The number of halogens is 1. The van der Waals surface area contributed by atoms with Crippen LogP contribution >= 0.6 is 11.6 Å². The Balaban J connectivity index is 2.47. The fourth-order valence-corrected chi connectivity index (χ4v) is 2.75. The molecule has 0 bridgehead atoms. The lowest BCUT2D eigenvalue weighted by atomic mass is 10.0. The highest BCUT2D eigenvalue weighted by molar-refractivity contribution is 6.31. The summed E-state index contributed by atoms with van der Waals surface area (Å²) >= 11 is 6.05. The SMILES string of the molecule is Cn1c2cc(Cl)ccc2c2cc(N)c(C(C)(C)O)nc21. The smallest absolute Gasteiger partial charge is 0.141 e. The molecule has 5 heteroatoms. The fourth-order valence-electron chi connectivity index (χ4n) is 2.59. The lowest BCUT2D eigenvalue weighted by molar-refractivity contribution is 0.0750. The Hall–Kier alpha value is -1.78. The quantitative estimate of drug-likeness (QED) is 0.723. The minimum absolute atomic E-state index is 0.488. The number of anilines is 1. The van der Waals surface area contributed by atoms with E-state index in [1.165, 1.54) is 0 Å². The zero-order chi connectivity index (χ0) is 14.7. The van der Waals surface area contributed by atoms with E-state index in [0.717, 1.165) is 21.9 Å². The molecule has 0 radical (unpaired) electrons. The molecule has 0 aliphatic heterocycles. The molecule has 0 unspecified atom stereocenters. The van der Waals surface area contributed by atoms with E-state index in [1.807, 2.05) is 35.9 Å². The number of hydrogen-bond donors (Lipinski definition) is 2. The van der Waals surface area contributed by atoms with Crippen LogP contribution in [0.5, 0.6) is 0 Å². The van der Waals surface area contributed by atoms with E-state index < -0.39 is 5.60 Å². The van der Waals surface area contributed by atoms with Crippen molar-refractivity contribution in [2.45, 2.75) is 19.4 Å². The number of fused-ring (bicyclic) bond motifs is 3. The van der Waals surface area contributed by atoms with Crippen molar-refractivity contribution in [3.8, 4) is 0 Å². The largest absolute Gasteiger partial charge is 0.397 e. The molecule has 0 aliphatic rings. The molecule has 0 aliphatic carbocycles. The Kier molecular flexibility index (Phi) is 2.71. The van der Waals surface area contributed by atoms with E-state index in [2.05, 4.69) is 4.98 Å². The third-order valence-corrected chi connectivity index (χ3v) is 3.78. The molecule has 0 spiro atoms. The van der Waals surface area contributed by atoms with Gasteiger partial charge in [0, 0.05) is 22.8 Å². The summed E-state index contributed by atoms with van der Waals surface area (Å²) in [5.74, 6) is 0. The number of nitrogens with two attached hydrogens (primary N) is 1. The van der Waals surface area contributed by atoms with Crippen LogP contribution in [0.3, 0.4) is 0 Å². The topological polar surface area (TPSA) is 64.1 Å². The van der Waals surface area contributed by atoms with Gasteiger partial charge in [0.25, 0.3) is 0 Å². The molecule has 104 valence electrons. The van der Waals surface area contributed by atoms with Gasteiger partial charge in [-0.3, -0.25) is 0 Å². The van der Waals surface area contributed by atoms with Crippen LogP contribution < -0.4 is 5.73 Å². The van der Waals surface area contributed by atoms with E-state index in [-0.39, 0.29) is 0 Å². The Morgan fingerprint density at radius 2 is 1.95 bits per heavy atom. The second-order valence-electron chi connectivity index (χ2n) is 5.58. The van der Waals surface area contributed by atoms with Crippen molar-refractivity contribution in [3.63, 3.8) is 0 Å². The van der Waals surface area contributed by atoms with Crippen molar-refractivity contribution in [1.29, 1.82) is 0 Å². The Labute approximate surface area is 121 Å². The number of aromatic nitrogens is 2. The van der Waals surface area contributed by atoms with Gasteiger partial charge < -0.3 is 15.4 Å². The average Bonchev–Trinajstić information content (AvgIpc) is 2.60. The van der Waals surface area contributed by atoms with Crippen molar-refractivity contribution in [3.05, 3.63) is 35.0 Å². The maximum Gasteiger partial charge on any atom is 0.141 e. The molecule has 0 fully saturated rings. The molecular formula is C15H16ClN3O. The van der Waals surface area contributed by atoms with Crippen LogP contribution in [-0.2, 0) is 12.6 Å². The van der Waals surface area contributed by atoms with E-state index >= 15 is 0 Å². The lowest BCUT2D eigenvalue weighted by Crippen LogP contribution is -2.20. The maximum absolute atomic E-state index is 10.2. The van der Waals surface area contributed by atoms with Gasteiger partial charge in [-0.25, -0.2) is 4.98 Å². The van der Waals surface area contributed by atoms with Crippen LogP contribution in [0.25, 0.3) is 21.9 Å². The van der Waals surface area contributed by atoms with E-state index in [0.29, 0.717) is 16.4 Å². The van der Waals surface area contributed by atoms with Gasteiger partial charge in [0.15, 0.2) is 0 Å². The zero-order valence-electron chi connectivity index (χ0n) is 11.6. The molecule has 0 amide bonds. The van der Waals surface area contributed by atoms with Crippen molar-refractivity contribution in [2.75, 3.05) is 5.73 Å². The molecule has 4 nitrogen and oxygen atoms in total.